The van der Waals surface area contributed by atoms with Gasteiger partial charge in [-0.15, -0.1) is 0 Å². The van der Waals surface area contributed by atoms with Gasteiger partial charge in [-0.25, -0.2) is 0 Å². The van der Waals surface area contributed by atoms with Crippen molar-refractivity contribution in [3.63, 3.8) is 0 Å². The summed E-state index contributed by atoms with van der Waals surface area (Å²) < 4.78 is 4.30. The molecule has 0 amide bonds. The van der Waals surface area contributed by atoms with Crippen LogP contribution >= 0.6 is 23.3 Å². The quantitative estimate of drug-likeness (QED) is 0.836. The number of aryl methyl sites for hydroxylation is 1. The van der Waals surface area contributed by atoms with Crippen molar-refractivity contribution in [2.45, 2.75) is 51.3 Å². The zero-order chi connectivity index (χ0) is 13.1. The molecule has 0 radical (unpaired) electrons. The maximum atomic E-state index is 11.7. The van der Waals surface area contributed by atoms with Crippen molar-refractivity contribution in [3.05, 3.63) is 11.3 Å². The van der Waals surface area contributed by atoms with E-state index in [-0.39, 0.29) is 5.78 Å². The fourth-order valence-electron chi connectivity index (χ4n) is 2.56. The molecule has 0 saturated heterocycles. The lowest BCUT2D eigenvalue weighted by molar-refractivity contribution is 0.101. The highest BCUT2D eigenvalue weighted by molar-refractivity contribution is 7.99. The van der Waals surface area contributed by atoms with Crippen LogP contribution in [0.15, 0.2) is 0 Å². The lowest BCUT2D eigenvalue weighted by Gasteiger charge is -2.20. The number of carbonyl (C=O) groups excluding carboxylic acids is 1. The summed E-state index contributed by atoms with van der Waals surface area (Å²) in [7, 11) is 0. The number of thioether (sulfide) groups is 1. The van der Waals surface area contributed by atoms with Crippen LogP contribution < -0.4 is 5.32 Å². The van der Waals surface area contributed by atoms with Crippen LogP contribution in [0.5, 0.6) is 0 Å². The highest BCUT2D eigenvalue weighted by atomic mass is 32.2. The van der Waals surface area contributed by atoms with Crippen LogP contribution in [0.25, 0.3) is 0 Å². The molecule has 0 bridgehead atoms. The first-order valence-corrected chi connectivity index (χ1v) is 8.31. The van der Waals surface area contributed by atoms with Gasteiger partial charge in [-0.2, -0.15) is 16.1 Å². The molecule has 18 heavy (non-hydrogen) atoms. The predicted octanol–water partition coefficient (Wildman–Crippen LogP) is 3.74. The smallest absolute Gasteiger partial charge is 0.164 e. The average Bonchev–Trinajstić information content (AvgIpc) is 2.88. The Kier molecular flexibility index (Phi) is 4.67. The lowest BCUT2D eigenvalue weighted by atomic mass is 10.1. The first-order chi connectivity index (χ1) is 8.63. The van der Waals surface area contributed by atoms with Crippen LogP contribution in [-0.2, 0) is 0 Å². The van der Waals surface area contributed by atoms with Gasteiger partial charge in [0, 0.05) is 11.3 Å². The Morgan fingerprint density at radius 3 is 3.00 bits per heavy atom. The zero-order valence-electron chi connectivity index (χ0n) is 11.2. The Labute approximate surface area is 117 Å². The molecule has 2 rings (SSSR count). The molecule has 1 N–H and O–H groups in total. The van der Waals surface area contributed by atoms with Gasteiger partial charge in [0.1, 0.15) is 5.00 Å². The number of anilines is 1. The number of nitrogens with one attached hydrogen (secondary N) is 1. The fraction of sp³-hybridized carbons (Fsp3) is 0.692. The van der Waals surface area contributed by atoms with Crippen molar-refractivity contribution in [3.8, 4) is 0 Å². The third kappa shape index (κ3) is 2.88. The normalized spacial score (nSPS) is 23.3. The van der Waals surface area contributed by atoms with Crippen LogP contribution in [0.2, 0.25) is 0 Å². The summed E-state index contributed by atoms with van der Waals surface area (Å²) in [5.74, 6) is 1.27. The Balaban J connectivity index is 2.11. The van der Waals surface area contributed by atoms with Crippen molar-refractivity contribution in [1.82, 2.24) is 4.37 Å². The summed E-state index contributed by atoms with van der Waals surface area (Å²) >= 11 is 3.44. The minimum atomic E-state index is 0.112. The van der Waals surface area contributed by atoms with Crippen LogP contribution in [0, 0.1) is 6.92 Å². The first-order valence-electron chi connectivity index (χ1n) is 6.48. The van der Waals surface area contributed by atoms with E-state index in [9.17, 15) is 4.79 Å². The van der Waals surface area contributed by atoms with E-state index in [1.54, 1.807) is 6.92 Å². The number of aromatic nitrogens is 1. The van der Waals surface area contributed by atoms with Gasteiger partial charge in [0.25, 0.3) is 0 Å². The van der Waals surface area contributed by atoms with Crippen LogP contribution in [-0.4, -0.2) is 27.2 Å². The predicted molar refractivity (Wildman–Crippen MR) is 80.0 cm³/mol. The van der Waals surface area contributed by atoms with Crippen molar-refractivity contribution in [2.75, 3.05) is 11.1 Å². The van der Waals surface area contributed by atoms with Gasteiger partial charge < -0.3 is 5.32 Å². The maximum absolute atomic E-state index is 11.7. The number of hydrogen-bond acceptors (Lipinski definition) is 5. The molecule has 1 fully saturated rings. The van der Waals surface area contributed by atoms with Gasteiger partial charge in [-0.05, 0) is 44.0 Å². The van der Waals surface area contributed by atoms with E-state index in [1.165, 1.54) is 30.8 Å². The Bertz CT molecular complexity index is 431. The Morgan fingerprint density at radius 1 is 1.56 bits per heavy atom. The van der Waals surface area contributed by atoms with Crippen molar-refractivity contribution < 1.29 is 4.79 Å². The SMILES string of the molecule is CCSC1CCCC1Nc1snc(C)c1C(C)=O. The van der Waals surface area contributed by atoms with E-state index >= 15 is 0 Å². The maximum Gasteiger partial charge on any atom is 0.164 e. The van der Waals surface area contributed by atoms with Crippen molar-refractivity contribution >= 4 is 34.1 Å². The molecule has 1 saturated carbocycles. The molecule has 0 aliphatic heterocycles. The molecule has 1 heterocycles. The first kappa shape index (κ1) is 13.9. The summed E-state index contributed by atoms with van der Waals surface area (Å²) in [6, 6.07) is 0.493. The third-order valence-corrected chi connectivity index (χ3v) is 5.56. The summed E-state index contributed by atoms with van der Waals surface area (Å²) in [6.45, 7) is 5.73. The lowest BCUT2D eigenvalue weighted by Crippen LogP contribution is -2.26. The third-order valence-electron chi connectivity index (χ3n) is 3.36. The highest BCUT2D eigenvalue weighted by Crippen LogP contribution is 2.34. The zero-order valence-corrected chi connectivity index (χ0v) is 12.8. The van der Waals surface area contributed by atoms with Gasteiger partial charge >= 0.3 is 0 Å². The molecule has 2 atom stereocenters. The number of hydrogen-bond donors (Lipinski definition) is 1. The number of ketones is 1. The fourth-order valence-corrected chi connectivity index (χ4v) is 4.66. The highest BCUT2D eigenvalue weighted by Gasteiger charge is 2.28. The molecule has 5 heteroatoms. The van der Waals surface area contributed by atoms with Crippen molar-refractivity contribution in [2.24, 2.45) is 0 Å². The monoisotopic (exact) mass is 284 g/mol. The standard InChI is InChI=1S/C13H20N2OS2/c1-4-17-11-7-5-6-10(11)14-13-12(9(3)16)8(2)15-18-13/h10-11,14H,4-7H2,1-3H3. The molecule has 1 aliphatic rings. The van der Waals surface area contributed by atoms with E-state index in [1.807, 2.05) is 18.7 Å². The molecule has 1 aromatic rings. The minimum absolute atomic E-state index is 0.112. The van der Waals surface area contributed by atoms with Crippen LogP contribution in [0.4, 0.5) is 5.00 Å². The summed E-state index contributed by atoms with van der Waals surface area (Å²) in [6.07, 6.45) is 3.76. The molecular formula is C13H20N2OS2. The largest absolute Gasteiger partial charge is 0.371 e. The second-order valence-corrected chi connectivity index (χ2v) is 6.99. The van der Waals surface area contributed by atoms with E-state index in [0.29, 0.717) is 11.3 Å². The molecule has 1 aliphatic carbocycles. The van der Waals surface area contributed by atoms with E-state index in [0.717, 1.165) is 22.0 Å². The molecular weight excluding hydrogens is 264 g/mol. The molecule has 100 valence electrons. The van der Waals surface area contributed by atoms with Crippen LogP contribution in [0.3, 0.4) is 0 Å². The Hall–Kier alpha value is -0.550. The second kappa shape index (κ2) is 6.06. The van der Waals surface area contributed by atoms with Gasteiger partial charge in [-0.1, -0.05) is 13.3 Å². The molecule has 3 nitrogen and oxygen atoms in total. The van der Waals surface area contributed by atoms with Gasteiger partial charge in [0.05, 0.1) is 11.3 Å². The number of Topliss-reactive ketones (excluding diaryl/α,β-unsaturated/α-hetero) is 1. The molecule has 1 aromatic heterocycles. The van der Waals surface area contributed by atoms with Crippen LogP contribution in [0.1, 0.15) is 49.2 Å². The van der Waals surface area contributed by atoms with Gasteiger partial charge in [0.15, 0.2) is 5.78 Å². The minimum Gasteiger partial charge on any atom is -0.371 e. The number of nitrogens with zero attached hydrogens (tertiary/aromatic N) is 1. The second-order valence-electron chi connectivity index (χ2n) is 4.70. The topological polar surface area (TPSA) is 42.0 Å². The molecule has 0 spiro atoms. The molecule has 0 aromatic carbocycles. The average molecular weight is 284 g/mol. The van der Waals surface area contributed by atoms with Gasteiger partial charge in [-0.3, -0.25) is 4.79 Å². The summed E-state index contributed by atoms with van der Waals surface area (Å²) in [5, 5.41) is 5.21. The summed E-state index contributed by atoms with van der Waals surface area (Å²) in [5.41, 5.74) is 1.64. The number of rotatable bonds is 5. The van der Waals surface area contributed by atoms with Gasteiger partial charge in [0.2, 0.25) is 0 Å². The van der Waals surface area contributed by atoms with Crippen molar-refractivity contribution in [1.29, 1.82) is 0 Å². The van der Waals surface area contributed by atoms with E-state index in [2.05, 4.69) is 16.6 Å². The summed E-state index contributed by atoms with van der Waals surface area (Å²) in [4.78, 5) is 11.7. The Morgan fingerprint density at radius 2 is 2.33 bits per heavy atom. The van der Waals surface area contributed by atoms with E-state index < -0.39 is 0 Å². The number of carbonyl (C=O) groups is 1. The molecule has 2 unspecified atom stereocenters. The van der Waals surface area contributed by atoms with E-state index in [4.69, 9.17) is 0 Å².